The van der Waals surface area contributed by atoms with Gasteiger partial charge in [-0.25, -0.2) is 8.78 Å². The summed E-state index contributed by atoms with van der Waals surface area (Å²) < 4.78 is 53.8. The summed E-state index contributed by atoms with van der Waals surface area (Å²) in [6.45, 7) is -1.35. The highest BCUT2D eigenvalue weighted by Crippen LogP contribution is 2.22. The van der Waals surface area contributed by atoms with Gasteiger partial charge in [0.1, 0.15) is 6.61 Å². The molecule has 1 N–H and O–H groups in total. The van der Waals surface area contributed by atoms with Crippen molar-refractivity contribution in [3.05, 3.63) is 30.1 Å². The fraction of sp³-hybridized carbons (Fsp3) is 0.583. The molecule has 19 heavy (non-hydrogen) atoms. The molecule has 0 fully saturated rings. The number of likely N-dealkylation sites (N-methyl/N-ethyl adjacent to an activating group) is 1. The monoisotopic (exact) mass is 280 g/mol. The summed E-state index contributed by atoms with van der Waals surface area (Å²) >= 11 is 0. The number of aromatic nitrogens is 1. The highest BCUT2D eigenvalue weighted by molar-refractivity contribution is 5.11. The van der Waals surface area contributed by atoms with E-state index in [4.69, 9.17) is 0 Å². The predicted molar refractivity (Wildman–Crippen MR) is 62.6 cm³/mol. The van der Waals surface area contributed by atoms with Gasteiger partial charge in [0, 0.05) is 18.4 Å². The molecular formula is C12H16F4N2O. The van der Waals surface area contributed by atoms with Gasteiger partial charge in [0.2, 0.25) is 0 Å². The third kappa shape index (κ3) is 5.52. The Balaban J connectivity index is 2.38. The van der Waals surface area contributed by atoms with E-state index in [-0.39, 0.29) is 12.6 Å². The second-order valence-corrected chi connectivity index (χ2v) is 4.12. The number of hydrogen-bond donors (Lipinski definition) is 1. The van der Waals surface area contributed by atoms with Crippen molar-refractivity contribution in [2.45, 2.75) is 24.8 Å². The summed E-state index contributed by atoms with van der Waals surface area (Å²) in [6, 6.07) is 3.35. The average Bonchev–Trinajstić information content (AvgIpc) is 2.38. The second-order valence-electron chi connectivity index (χ2n) is 4.12. The smallest absolute Gasteiger partial charge is 0.330 e. The van der Waals surface area contributed by atoms with E-state index < -0.39 is 19.0 Å². The number of ether oxygens (including phenoxy) is 1. The van der Waals surface area contributed by atoms with Crippen LogP contribution in [0.4, 0.5) is 17.6 Å². The Hall–Kier alpha value is -1.21. The van der Waals surface area contributed by atoms with Gasteiger partial charge in [-0.3, -0.25) is 4.98 Å². The molecule has 7 heteroatoms. The summed E-state index contributed by atoms with van der Waals surface area (Å²) in [5.41, 5.74) is 0.957. The molecule has 0 aliphatic rings. The first-order chi connectivity index (χ1) is 8.95. The predicted octanol–water partition coefficient (Wildman–Crippen LogP) is 2.13. The van der Waals surface area contributed by atoms with Crippen LogP contribution in [0.2, 0.25) is 0 Å². The fourth-order valence-electron chi connectivity index (χ4n) is 1.45. The SMILES string of the molecule is CNC(COCC(F)(F)C(F)F)Cc1ccncc1. The molecule has 108 valence electrons. The van der Waals surface area contributed by atoms with Gasteiger partial charge in [0.25, 0.3) is 0 Å². The first kappa shape index (κ1) is 15.8. The molecular weight excluding hydrogens is 264 g/mol. The first-order valence-electron chi connectivity index (χ1n) is 5.75. The minimum atomic E-state index is -4.10. The minimum Gasteiger partial charge on any atom is -0.373 e. The summed E-state index contributed by atoms with van der Waals surface area (Å²) in [5, 5.41) is 2.89. The third-order valence-electron chi connectivity index (χ3n) is 2.57. The largest absolute Gasteiger partial charge is 0.373 e. The molecule has 0 aromatic carbocycles. The zero-order chi connectivity index (χ0) is 14.3. The molecule has 1 aromatic rings. The highest BCUT2D eigenvalue weighted by atomic mass is 19.3. The number of alkyl halides is 4. The second kappa shape index (κ2) is 7.40. The molecule has 0 saturated heterocycles. The molecule has 0 saturated carbocycles. The van der Waals surface area contributed by atoms with Gasteiger partial charge in [-0.2, -0.15) is 8.78 Å². The summed E-state index contributed by atoms with van der Waals surface area (Å²) in [4.78, 5) is 3.86. The van der Waals surface area contributed by atoms with Gasteiger partial charge in [-0.1, -0.05) is 0 Å². The van der Waals surface area contributed by atoms with Gasteiger partial charge >= 0.3 is 12.3 Å². The van der Waals surface area contributed by atoms with Crippen LogP contribution in [-0.4, -0.2) is 43.6 Å². The van der Waals surface area contributed by atoms with Crippen LogP contribution in [0.5, 0.6) is 0 Å². The van der Waals surface area contributed by atoms with E-state index in [0.29, 0.717) is 6.42 Å². The molecule has 0 amide bonds. The van der Waals surface area contributed by atoms with Crippen molar-refractivity contribution >= 4 is 0 Å². The lowest BCUT2D eigenvalue weighted by Crippen LogP contribution is -2.37. The summed E-state index contributed by atoms with van der Waals surface area (Å²) in [7, 11) is 1.65. The lowest BCUT2D eigenvalue weighted by atomic mass is 10.1. The van der Waals surface area contributed by atoms with Gasteiger partial charge < -0.3 is 10.1 Å². The standard InChI is InChI=1S/C12H16F4N2O/c1-17-10(6-9-2-4-18-5-3-9)7-19-8-12(15,16)11(13)14/h2-5,10-11,17H,6-8H2,1H3. The average molecular weight is 280 g/mol. The van der Waals surface area contributed by atoms with E-state index in [9.17, 15) is 17.6 Å². The van der Waals surface area contributed by atoms with E-state index in [1.54, 1.807) is 31.6 Å². The Morgan fingerprint density at radius 2 is 1.95 bits per heavy atom. The van der Waals surface area contributed by atoms with Gasteiger partial charge in [0.05, 0.1) is 6.61 Å². The molecule has 1 heterocycles. The van der Waals surface area contributed by atoms with Gasteiger partial charge in [-0.15, -0.1) is 0 Å². The number of rotatable bonds is 8. The van der Waals surface area contributed by atoms with Crippen LogP contribution in [0, 0.1) is 0 Å². The van der Waals surface area contributed by atoms with Crippen molar-refractivity contribution in [1.82, 2.24) is 10.3 Å². The Labute approximate surface area is 109 Å². The first-order valence-corrected chi connectivity index (χ1v) is 5.75. The van der Waals surface area contributed by atoms with Crippen molar-refractivity contribution in [2.75, 3.05) is 20.3 Å². The van der Waals surface area contributed by atoms with Crippen LogP contribution in [0.1, 0.15) is 5.56 Å². The van der Waals surface area contributed by atoms with E-state index in [2.05, 4.69) is 15.0 Å². The van der Waals surface area contributed by atoms with Crippen molar-refractivity contribution in [3.63, 3.8) is 0 Å². The summed E-state index contributed by atoms with van der Waals surface area (Å²) in [5.74, 6) is -4.10. The van der Waals surface area contributed by atoms with Crippen LogP contribution in [0.3, 0.4) is 0 Å². The number of pyridine rings is 1. The van der Waals surface area contributed by atoms with Crippen LogP contribution >= 0.6 is 0 Å². The Kier molecular flexibility index (Phi) is 6.17. The molecule has 0 aliphatic heterocycles. The number of halogens is 4. The lowest BCUT2D eigenvalue weighted by molar-refractivity contribution is -0.166. The molecule has 1 unspecified atom stereocenters. The zero-order valence-corrected chi connectivity index (χ0v) is 10.5. The molecule has 1 atom stereocenters. The Morgan fingerprint density at radius 3 is 2.47 bits per heavy atom. The number of nitrogens with one attached hydrogen (secondary N) is 1. The fourth-order valence-corrected chi connectivity index (χ4v) is 1.45. The Bertz CT molecular complexity index is 362. The zero-order valence-electron chi connectivity index (χ0n) is 10.5. The molecule has 1 aromatic heterocycles. The van der Waals surface area contributed by atoms with Gasteiger partial charge in [-0.05, 0) is 31.2 Å². The van der Waals surface area contributed by atoms with Crippen LogP contribution < -0.4 is 5.32 Å². The van der Waals surface area contributed by atoms with Crippen LogP contribution in [0.15, 0.2) is 24.5 Å². The number of hydrogen-bond acceptors (Lipinski definition) is 3. The minimum absolute atomic E-state index is 0.0683. The van der Waals surface area contributed by atoms with Gasteiger partial charge in [0.15, 0.2) is 0 Å². The van der Waals surface area contributed by atoms with Crippen LogP contribution in [0.25, 0.3) is 0 Å². The topological polar surface area (TPSA) is 34.1 Å². The van der Waals surface area contributed by atoms with Crippen molar-refractivity contribution in [3.8, 4) is 0 Å². The maximum atomic E-state index is 12.6. The molecule has 0 aliphatic carbocycles. The van der Waals surface area contributed by atoms with E-state index in [0.717, 1.165) is 5.56 Å². The highest BCUT2D eigenvalue weighted by Gasteiger charge is 2.41. The molecule has 1 rings (SSSR count). The molecule has 0 bridgehead atoms. The van der Waals surface area contributed by atoms with E-state index in [1.807, 2.05) is 0 Å². The van der Waals surface area contributed by atoms with Crippen LogP contribution in [-0.2, 0) is 11.2 Å². The number of nitrogens with zero attached hydrogens (tertiary/aromatic N) is 1. The molecule has 3 nitrogen and oxygen atoms in total. The van der Waals surface area contributed by atoms with Crippen molar-refractivity contribution in [2.24, 2.45) is 0 Å². The maximum absolute atomic E-state index is 12.6. The normalized spacial score (nSPS) is 13.8. The molecule has 0 radical (unpaired) electrons. The quantitative estimate of drug-likeness (QED) is 0.741. The maximum Gasteiger partial charge on any atom is 0.330 e. The lowest BCUT2D eigenvalue weighted by Gasteiger charge is -2.19. The molecule has 0 spiro atoms. The van der Waals surface area contributed by atoms with E-state index >= 15 is 0 Å². The van der Waals surface area contributed by atoms with Crippen molar-refractivity contribution in [1.29, 1.82) is 0 Å². The summed E-state index contributed by atoms with van der Waals surface area (Å²) in [6.07, 6.45) is 0.0711. The third-order valence-corrected chi connectivity index (χ3v) is 2.57. The van der Waals surface area contributed by atoms with E-state index in [1.165, 1.54) is 0 Å². The Morgan fingerprint density at radius 1 is 1.32 bits per heavy atom. The van der Waals surface area contributed by atoms with Crippen molar-refractivity contribution < 1.29 is 22.3 Å².